The van der Waals surface area contributed by atoms with Crippen LogP contribution in [-0.2, 0) is 24.7 Å². The number of benzene rings is 1. The van der Waals surface area contributed by atoms with Crippen LogP contribution >= 0.6 is 23.1 Å². The lowest BCUT2D eigenvalue weighted by Crippen LogP contribution is -2.28. The van der Waals surface area contributed by atoms with Crippen LogP contribution in [0, 0.1) is 29.6 Å². The van der Waals surface area contributed by atoms with E-state index in [1.54, 1.807) is 11.3 Å². The highest BCUT2D eigenvalue weighted by atomic mass is 32.2. The zero-order valence-electron chi connectivity index (χ0n) is 22.4. The average Bonchev–Trinajstić information content (AvgIpc) is 3.42. The molecule has 0 saturated heterocycles. The molecule has 1 N–H and O–H groups in total. The van der Waals surface area contributed by atoms with Crippen LogP contribution in [0.5, 0.6) is 5.75 Å². The van der Waals surface area contributed by atoms with Crippen molar-refractivity contribution in [3.8, 4) is 11.8 Å². The number of amides is 1. The van der Waals surface area contributed by atoms with Crippen LogP contribution in [0.1, 0.15) is 74.0 Å². The number of hydrogen-bond donors (Lipinski definition) is 1. The third-order valence-corrected chi connectivity index (χ3v) is 9.80. The van der Waals surface area contributed by atoms with Crippen molar-refractivity contribution < 1.29 is 9.53 Å². The molecule has 1 amide bonds. The van der Waals surface area contributed by atoms with E-state index >= 15 is 0 Å². The maximum absolute atomic E-state index is 12.9. The van der Waals surface area contributed by atoms with E-state index in [4.69, 9.17) is 4.74 Å². The lowest BCUT2D eigenvalue weighted by Gasteiger charge is -2.36. The Balaban J connectivity index is 1.39. The molecule has 2 aromatic heterocycles. The van der Waals surface area contributed by atoms with Crippen LogP contribution in [-0.4, -0.2) is 26.4 Å². The van der Waals surface area contributed by atoms with Gasteiger partial charge in [-0.1, -0.05) is 57.2 Å². The number of ether oxygens (including phenoxy) is 1. The molecule has 0 saturated carbocycles. The summed E-state index contributed by atoms with van der Waals surface area (Å²) in [7, 11) is 1.88. The van der Waals surface area contributed by atoms with Gasteiger partial charge in [-0.25, -0.2) is 0 Å². The minimum Gasteiger partial charge on any atom is -0.482 e. The second-order valence-corrected chi connectivity index (χ2v) is 12.4. The van der Waals surface area contributed by atoms with Gasteiger partial charge in [0.25, 0.3) is 0 Å². The molecule has 0 bridgehead atoms. The maximum atomic E-state index is 12.9. The van der Waals surface area contributed by atoms with Gasteiger partial charge in [0.2, 0.25) is 5.91 Å². The molecule has 0 radical (unpaired) electrons. The molecule has 3 aromatic rings. The first kappa shape index (κ1) is 27.2. The van der Waals surface area contributed by atoms with E-state index in [2.05, 4.69) is 42.4 Å². The van der Waals surface area contributed by atoms with E-state index in [1.165, 1.54) is 16.6 Å². The van der Waals surface area contributed by atoms with Crippen LogP contribution in [0.25, 0.3) is 0 Å². The molecular formula is C28H35N5O2S2. The number of carbonyl (C=O) groups is 1. The summed E-state index contributed by atoms with van der Waals surface area (Å²) in [6.07, 6.45) is 3.80. The lowest BCUT2D eigenvalue weighted by atomic mass is 9.69. The summed E-state index contributed by atoms with van der Waals surface area (Å²) in [5, 5.41) is 22.7. The number of carbonyl (C=O) groups excluding carboxylic acids is 1. The summed E-state index contributed by atoms with van der Waals surface area (Å²) in [4.78, 5) is 14.1. The Morgan fingerprint density at radius 1 is 1.38 bits per heavy atom. The zero-order valence-corrected chi connectivity index (χ0v) is 24.1. The Morgan fingerprint density at radius 3 is 2.84 bits per heavy atom. The molecule has 0 spiro atoms. The zero-order chi connectivity index (χ0) is 26.7. The first-order chi connectivity index (χ1) is 17.6. The third kappa shape index (κ3) is 5.86. The van der Waals surface area contributed by atoms with Crippen LogP contribution < -0.4 is 10.1 Å². The average molecular weight is 538 g/mol. The molecule has 1 aliphatic carbocycles. The van der Waals surface area contributed by atoms with E-state index in [9.17, 15) is 10.1 Å². The topological polar surface area (TPSA) is 92.8 Å². The van der Waals surface area contributed by atoms with Crippen molar-refractivity contribution in [3.05, 3.63) is 51.7 Å². The minimum atomic E-state index is -0.293. The van der Waals surface area contributed by atoms with Crippen molar-refractivity contribution >= 4 is 34.0 Å². The second kappa shape index (κ2) is 11.3. The molecular weight excluding hydrogens is 502 g/mol. The second-order valence-electron chi connectivity index (χ2n) is 10.4. The van der Waals surface area contributed by atoms with Gasteiger partial charge in [-0.05, 0) is 61.6 Å². The highest BCUT2D eigenvalue weighted by Gasteiger charge is 2.34. The SMILES string of the molecule is CCC(C)(C)C1CCc2c(sc(NC(=O)CSc3nnc(C(C)Oc4ccccc4C)n3C)c2C#N)C1. The highest BCUT2D eigenvalue weighted by molar-refractivity contribution is 7.99. The fourth-order valence-electron chi connectivity index (χ4n) is 4.78. The number of rotatable bonds is 9. The number of hydrogen-bond acceptors (Lipinski definition) is 7. The Bertz CT molecular complexity index is 1320. The van der Waals surface area contributed by atoms with E-state index in [1.807, 2.05) is 49.7 Å². The van der Waals surface area contributed by atoms with Gasteiger partial charge < -0.3 is 14.6 Å². The number of nitrogens with one attached hydrogen (secondary N) is 1. The van der Waals surface area contributed by atoms with E-state index in [0.717, 1.165) is 42.6 Å². The molecule has 2 atom stereocenters. The molecule has 7 nitrogen and oxygen atoms in total. The summed E-state index contributed by atoms with van der Waals surface area (Å²) in [6, 6.07) is 10.2. The van der Waals surface area contributed by atoms with Crippen molar-refractivity contribution in [2.75, 3.05) is 11.1 Å². The molecule has 2 unspecified atom stereocenters. The number of fused-ring (bicyclic) bond motifs is 1. The molecule has 0 fully saturated rings. The summed E-state index contributed by atoms with van der Waals surface area (Å²) in [5.74, 6) is 2.12. The fourth-order valence-corrected chi connectivity index (χ4v) is 6.79. The third-order valence-electron chi connectivity index (χ3n) is 7.61. The van der Waals surface area contributed by atoms with Crippen molar-refractivity contribution in [2.24, 2.45) is 18.4 Å². The van der Waals surface area contributed by atoms with E-state index in [0.29, 0.717) is 27.5 Å². The normalized spacial score (nSPS) is 16.1. The van der Waals surface area contributed by atoms with Gasteiger partial charge in [0, 0.05) is 11.9 Å². The number of aromatic nitrogens is 3. The number of nitrogens with zero attached hydrogens (tertiary/aromatic N) is 4. The number of thiophene rings is 1. The van der Waals surface area contributed by atoms with Crippen LogP contribution in [0.2, 0.25) is 0 Å². The van der Waals surface area contributed by atoms with Gasteiger partial charge in [0.1, 0.15) is 16.8 Å². The first-order valence-electron chi connectivity index (χ1n) is 12.7. The first-order valence-corrected chi connectivity index (χ1v) is 14.5. The molecule has 9 heteroatoms. The fraction of sp³-hybridized carbons (Fsp3) is 0.500. The molecule has 0 aliphatic heterocycles. The summed E-state index contributed by atoms with van der Waals surface area (Å²) in [5.41, 5.74) is 3.08. The molecule has 196 valence electrons. The minimum absolute atomic E-state index is 0.153. The van der Waals surface area contributed by atoms with Crippen LogP contribution in [0.4, 0.5) is 5.00 Å². The smallest absolute Gasteiger partial charge is 0.235 e. The van der Waals surface area contributed by atoms with Crippen molar-refractivity contribution in [2.45, 2.75) is 71.6 Å². The molecule has 1 aliphatic rings. The molecule has 1 aromatic carbocycles. The molecule has 37 heavy (non-hydrogen) atoms. The monoisotopic (exact) mass is 537 g/mol. The standard InChI is InChI=1S/C28H35N5O2S2/c1-7-28(4,5)19-12-13-20-21(15-29)26(37-23(20)14-19)30-24(34)16-36-27-32-31-25(33(27)6)18(3)35-22-11-9-8-10-17(22)2/h8-11,18-19H,7,12-14,16H2,1-6H3,(H,30,34). The predicted octanol–water partition coefficient (Wildman–Crippen LogP) is 6.47. The van der Waals surface area contributed by atoms with Gasteiger partial charge in [0.15, 0.2) is 17.1 Å². The molecule has 2 heterocycles. The summed E-state index contributed by atoms with van der Waals surface area (Å²) < 4.78 is 7.95. The molecule has 4 rings (SSSR count). The Kier molecular flexibility index (Phi) is 8.29. The lowest BCUT2D eigenvalue weighted by molar-refractivity contribution is -0.113. The predicted molar refractivity (Wildman–Crippen MR) is 149 cm³/mol. The van der Waals surface area contributed by atoms with Crippen LogP contribution in [0.3, 0.4) is 0 Å². The largest absolute Gasteiger partial charge is 0.482 e. The number of para-hydroxylation sites is 1. The van der Waals surface area contributed by atoms with Gasteiger partial charge in [-0.2, -0.15) is 5.26 Å². The Hall–Kier alpha value is -2.83. The van der Waals surface area contributed by atoms with Crippen molar-refractivity contribution in [3.63, 3.8) is 0 Å². The maximum Gasteiger partial charge on any atom is 0.235 e. The van der Waals surface area contributed by atoms with Gasteiger partial charge >= 0.3 is 0 Å². The Labute approximate surface area is 227 Å². The summed E-state index contributed by atoms with van der Waals surface area (Å²) >= 11 is 2.89. The number of aryl methyl sites for hydroxylation is 1. The quantitative estimate of drug-likeness (QED) is 0.315. The van der Waals surface area contributed by atoms with E-state index < -0.39 is 0 Å². The van der Waals surface area contributed by atoms with Gasteiger partial charge in [-0.15, -0.1) is 21.5 Å². The number of anilines is 1. The van der Waals surface area contributed by atoms with Gasteiger partial charge in [0.05, 0.1) is 11.3 Å². The number of thioether (sulfide) groups is 1. The van der Waals surface area contributed by atoms with Crippen LogP contribution in [0.15, 0.2) is 29.4 Å². The number of nitriles is 1. The van der Waals surface area contributed by atoms with E-state index in [-0.39, 0.29) is 23.2 Å². The highest BCUT2D eigenvalue weighted by Crippen LogP contribution is 2.45. The van der Waals surface area contributed by atoms with Crippen molar-refractivity contribution in [1.82, 2.24) is 14.8 Å². The van der Waals surface area contributed by atoms with Crippen molar-refractivity contribution in [1.29, 1.82) is 5.26 Å². The summed E-state index contributed by atoms with van der Waals surface area (Å²) in [6.45, 7) is 10.8. The Morgan fingerprint density at radius 2 is 2.14 bits per heavy atom. The van der Waals surface area contributed by atoms with Gasteiger partial charge in [-0.3, -0.25) is 4.79 Å².